The van der Waals surface area contributed by atoms with Crippen molar-refractivity contribution in [2.45, 2.75) is 39.4 Å². The second-order valence-corrected chi connectivity index (χ2v) is 10.1. The van der Waals surface area contributed by atoms with Crippen LogP contribution in [0.5, 0.6) is 5.75 Å². The third-order valence-corrected chi connectivity index (χ3v) is 6.97. The summed E-state index contributed by atoms with van der Waals surface area (Å²) in [7, 11) is 0. The van der Waals surface area contributed by atoms with Gasteiger partial charge in [0.15, 0.2) is 5.17 Å². The second kappa shape index (κ2) is 10.7. The molecule has 0 saturated carbocycles. The molecule has 0 spiro atoms. The van der Waals surface area contributed by atoms with Gasteiger partial charge in [-0.1, -0.05) is 37.3 Å². The van der Waals surface area contributed by atoms with E-state index in [-0.39, 0.29) is 18.1 Å². The van der Waals surface area contributed by atoms with E-state index in [0.717, 1.165) is 52.9 Å². The Morgan fingerprint density at radius 3 is 2.64 bits per heavy atom. The Hall–Kier alpha value is -3.36. The van der Waals surface area contributed by atoms with Crippen molar-refractivity contribution in [2.75, 3.05) is 19.7 Å². The minimum atomic E-state index is -0.222. The summed E-state index contributed by atoms with van der Waals surface area (Å²) in [6, 6.07) is 17.9. The highest BCUT2D eigenvalue weighted by Gasteiger charge is 2.31. The largest absolute Gasteiger partial charge is 0.494 e. The molecule has 7 nitrogen and oxygen atoms in total. The number of hydrogen-bond donors (Lipinski definition) is 0. The zero-order chi connectivity index (χ0) is 25.1. The van der Waals surface area contributed by atoms with E-state index in [2.05, 4.69) is 16.8 Å². The SMILES string of the molecule is CCCOc1cccc(-c2nn(-c3ccccc3)cc2C=C2SC(N3CC(C)OC(C)C3)=NC2=O)c1. The number of aliphatic imine (C=N–C) groups is 1. The fraction of sp³-hybridized carbons (Fsp3) is 0.321. The minimum Gasteiger partial charge on any atom is -0.494 e. The van der Waals surface area contributed by atoms with Crippen LogP contribution in [0.3, 0.4) is 0 Å². The number of carbonyl (C=O) groups is 1. The molecule has 3 heterocycles. The third-order valence-electron chi connectivity index (χ3n) is 5.93. The predicted molar refractivity (Wildman–Crippen MR) is 144 cm³/mol. The van der Waals surface area contributed by atoms with Gasteiger partial charge in [-0.05, 0) is 62.4 Å². The van der Waals surface area contributed by atoms with Gasteiger partial charge in [0.2, 0.25) is 0 Å². The summed E-state index contributed by atoms with van der Waals surface area (Å²) >= 11 is 1.42. The van der Waals surface area contributed by atoms with Gasteiger partial charge < -0.3 is 14.4 Å². The van der Waals surface area contributed by atoms with Crippen LogP contribution in [-0.2, 0) is 9.53 Å². The molecule has 2 aromatic carbocycles. The number of benzene rings is 2. The standard InChI is InChI=1S/C28H30N4O3S/c1-4-13-34-24-12-8-9-21(14-24)26-22(18-32(30-26)23-10-6-5-7-11-23)15-25-27(33)29-28(36-25)31-16-19(2)35-20(3)17-31/h5-12,14-15,18-20H,4,13,16-17H2,1-3H3. The van der Waals surface area contributed by atoms with Gasteiger partial charge in [0, 0.05) is 30.4 Å². The number of carbonyl (C=O) groups excluding carboxylic acids is 1. The van der Waals surface area contributed by atoms with E-state index < -0.39 is 0 Å². The van der Waals surface area contributed by atoms with E-state index in [9.17, 15) is 4.79 Å². The van der Waals surface area contributed by atoms with Gasteiger partial charge in [-0.3, -0.25) is 4.79 Å². The van der Waals surface area contributed by atoms with E-state index >= 15 is 0 Å². The van der Waals surface area contributed by atoms with E-state index in [1.165, 1.54) is 11.8 Å². The first-order chi connectivity index (χ1) is 17.5. The fourth-order valence-corrected chi connectivity index (χ4v) is 5.31. The van der Waals surface area contributed by atoms with Crippen LogP contribution in [0.4, 0.5) is 0 Å². The third kappa shape index (κ3) is 5.39. The fourth-order valence-electron chi connectivity index (χ4n) is 4.39. The summed E-state index contributed by atoms with van der Waals surface area (Å²) in [5, 5.41) is 5.64. The zero-order valence-electron chi connectivity index (χ0n) is 20.8. The first kappa shape index (κ1) is 24.3. The quantitative estimate of drug-likeness (QED) is 0.420. The molecule has 0 aliphatic carbocycles. The lowest BCUT2D eigenvalue weighted by Gasteiger charge is -2.35. The number of amidine groups is 1. The van der Waals surface area contributed by atoms with Crippen molar-refractivity contribution >= 4 is 28.9 Å². The summed E-state index contributed by atoms with van der Waals surface area (Å²) < 4.78 is 13.5. The van der Waals surface area contributed by atoms with Gasteiger partial charge in [0.1, 0.15) is 11.4 Å². The average Bonchev–Trinajstić information content (AvgIpc) is 3.47. The van der Waals surface area contributed by atoms with Crippen LogP contribution >= 0.6 is 11.8 Å². The molecule has 5 rings (SSSR count). The number of thioether (sulfide) groups is 1. The summed E-state index contributed by atoms with van der Waals surface area (Å²) in [6.07, 6.45) is 4.99. The lowest BCUT2D eigenvalue weighted by molar-refractivity contribution is -0.113. The molecular weight excluding hydrogens is 472 g/mol. The first-order valence-electron chi connectivity index (χ1n) is 12.3. The molecule has 8 heteroatoms. The van der Waals surface area contributed by atoms with Crippen molar-refractivity contribution in [1.82, 2.24) is 14.7 Å². The predicted octanol–water partition coefficient (Wildman–Crippen LogP) is 5.41. The molecule has 3 aromatic rings. The van der Waals surface area contributed by atoms with Crippen LogP contribution in [0, 0.1) is 0 Å². The van der Waals surface area contributed by atoms with E-state index in [4.69, 9.17) is 14.6 Å². The smallest absolute Gasteiger partial charge is 0.286 e. The topological polar surface area (TPSA) is 68.9 Å². The number of para-hydroxylation sites is 1. The van der Waals surface area contributed by atoms with Gasteiger partial charge in [0.05, 0.1) is 29.4 Å². The maximum Gasteiger partial charge on any atom is 0.286 e. The highest BCUT2D eigenvalue weighted by Crippen LogP contribution is 2.34. The van der Waals surface area contributed by atoms with Crippen LogP contribution in [0.25, 0.3) is 23.0 Å². The van der Waals surface area contributed by atoms with Crippen molar-refractivity contribution in [1.29, 1.82) is 0 Å². The van der Waals surface area contributed by atoms with Gasteiger partial charge in [0.25, 0.3) is 5.91 Å². The van der Waals surface area contributed by atoms with E-state index in [1.807, 2.05) is 85.4 Å². The first-order valence-corrected chi connectivity index (χ1v) is 13.1. The molecule has 1 saturated heterocycles. The lowest BCUT2D eigenvalue weighted by Crippen LogP contribution is -2.47. The highest BCUT2D eigenvalue weighted by molar-refractivity contribution is 8.18. The minimum absolute atomic E-state index is 0.0955. The Kier molecular flexibility index (Phi) is 7.25. The average molecular weight is 503 g/mol. The molecule has 0 bridgehead atoms. The number of ether oxygens (including phenoxy) is 2. The molecule has 2 aliphatic heterocycles. The van der Waals surface area contributed by atoms with Crippen LogP contribution in [0.2, 0.25) is 0 Å². The zero-order valence-corrected chi connectivity index (χ0v) is 21.6. The van der Waals surface area contributed by atoms with Crippen molar-refractivity contribution in [3.05, 3.63) is 71.3 Å². The molecule has 2 atom stereocenters. The molecule has 0 N–H and O–H groups in total. The van der Waals surface area contributed by atoms with Gasteiger partial charge in [-0.25, -0.2) is 4.68 Å². The summed E-state index contributed by atoms with van der Waals surface area (Å²) in [6.45, 7) is 8.27. The van der Waals surface area contributed by atoms with Gasteiger partial charge >= 0.3 is 0 Å². The number of morpholine rings is 1. The number of rotatable bonds is 6. The molecule has 186 valence electrons. The van der Waals surface area contributed by atoms with Crippen LogP contribution in [0.1, 0.15) is 32.8 Å². The Morgan fingerprint density at radius 1 is 1.11 bits per heavy atom. The Morgan fingerprint density at radius 2 is 1.89 bits per heavy atom. The Bertz CT molecular complexity index is 1290. The summed E-state index contributed by atoms with van der Waals surface area (Å²) in [5.41, 5.74) is 3.50. The molecule has 2 aliphatic rings. The molecule has 2 unspecified atom stereocenters. The van der Waals surface area contributed by atoms with E-state index in [0.29, 0.717) is 11.5 Å². The normalized spacial score (nSPS) is 21.2. The molecular formula is C28H30N4O3S. The molecule has 1 aromatic heterocycles. The summed E-state index contributed by atoms with van der Waals surface area (Å²) in [5.74, 6) is 0.579. The second-order valence-electron chi connectivity index (χ2n) is 9.06. The van der Waals surface area contributed by atoms with Gasteiger partial charge in [-0.15, -0.1) is 0 Å². The number of hydrogen-bond acceptors (Lipinski definition) is 6. The molecule has 36 heavy (non-hydrogen) atoms. The maximum atomic E-state index is 12.9. The lowest BCUT2D eigenvalue weighted by atomic mass is 10.1. The van der Waals surface area contributed by atoms with Crippen LogP contribution in [0.15, 0.2) is 70.7 Å². The summed E-state index contributed by atoms with van der Waals surface area (Å²) in [4.78, 5) is 20.0. The number of aromatic nitrogens is 2. The highest BCUT2D eigenvalue weighted by atomic mass is 32.2. The molecule has 0 radical (unpaired) electrons. The monoisotopic (exact) mass is 502 g/mol. The number of nitrogens with zero attached hydrogens (tertiary/aromatic N) is 4. The van der Waals surface area contributed by atoms with E-state index in [1.54, 1.807) is 0 Å². The van der Waals surface area contributed by atoms with Crippen molar-refractivity contribution in [3.8, 4) is 22.7 Å². The number of amides is 1. The van der Waals surface area contributed by atoms with Gasteiger partial charge in [-0.2, -0.15) is 10.1 Å². The van der Waals surface area contributed by atoms with Crippen molar-refractivity contribution < 1.29 is 14.3 Å². The molecule has 1 fully saturated rings. The van der Waals surface area contributed by atoms with Crippen LogP contribution < -0.4 is 4.74 Å². The molecule has 1 amide bonds. The Balaban J connectivity index is 1.49. The van der Waals surface area contributed by atoms with Crippen molar-refractivity contribution in [3.63, 3.8) is 0 Å². The van der Waals surface area contributed by atoms with Crippen molar-refractivity contribution in [2.24, 2.45) is 4.99 Å². The van der Waals surface area contributed by atoms with Crippen LogP contribution in [-0.4, -0.2) is 57.7 Å². The Labute approximate surface area is 215 Å². The maximum absolute atomic E-state index is 12.9.